The van der Waals surface area contributed by atoms with Crippen molar-refractivity contribution in [2.75, 3.05) is 5.32 Å². The van der Waals surface area contributed by atoms with Crippen molar-refractivity contribution in [3.63, 3.8) is 0 Å². The van der Waals surface area contributed by atoms with Crippen LogP contribution in [0.2, 0.25) is 0 Å². The van der Waals surface area contributed by atoms with E-state index in [1.54, 1.807) is 24.3 Å². The molecule has 0 bridgehead atoms. The van der Waals surface area contributed by atoms with Crippen LogP contribution in [0.4, 0.5) is 5.69 Å². The van der Waals surface area contributed by atoms with Gasteiger partial charge in [0.15, 0.2) is 9.84 Å². The van der Waals surface area contributed by atoms with Gasteiger partial charge in [-0.15, -0.1) is 0 Å². The molecular weight excluding hydrogens is 440 g/mol. The highest BCUT2D eigenvalue weighted by Crippen LogP contribution is 2.21. The molecule has 9 heteroatoms. The Hall–Kier alpha value is -3.98. The summed E-state index contributed by atoms with van der Waals surface area (Å²) in [5.41, 5.74) is 8.04. The van der Waals surface area contributed by atoms with Crippen LogP contribution < -0.4 is 11.1 Å². The first-order valence-corrected chi connectivity index (χ1v) is 11.9. The normalized spacial score (nSPS) is 11.4. The number of amides is 2. The zero-order chi connectivity index (χ0) is 23.4. The molecule has 0 aliphatic rings. The SMILES string of the molecule is NC(=O)c1cccc2[nH]c(CS(=O)(=O)c3ccc(NC(=O)CCc4ccccc4)cc3)nc12. The maximum absolute atomic E-state index is 12.9. The summed E-state index contributed by atoms with van der Waals surface area (Å²) < 4.78 is 25.7. The van der Waals surface area contributed by atoms with Crippen molar-refractivity contribution in [3.8, 4) is 0 Å². The van der Waals surface area contributed by atoms with E-state index in [2.05, 4.69) is 15.3 Å². The van der Waals surface area contributed by atoms with Gasteiger partial charge < -0.3 is 16.0 Å². The number of benzene rings is 3. The summed E-state index contributed by atoms with van der Waals surface area (Å²) in [7, 11) is -3.71. The number of nitrogens with zero attached hydrogens (tertiary/aromatic N) is 1. The van der Waals surface area contributed by atoms with Crippen LogP contribution in [0.3, 0.4) is 0 Å². The van der Waals surface area contributed by atoms with E-state index in [-0.39, 0.29) is 27.9 Å². The smallest absolute Gasteiger partial charge is 0.250 e. The maximum Gasteiger partial charge on any atom is 0.250 e. The lowest BCUT2D eigenvalue weighted by atomic mass is 10.1. The van der Waals surface area contributed by atoms with Crippen molar-refractivity contribution in [2.45, 2.75) is 23.5 Å². The molecule has 4 aromatic rings. The first kappa shape index (κ1) is 22.2. The molecule has 4 N–H and O–H groups in total. The number of aromatic amines is 1. The van der Waals surface area contributed by atoms with Gasteiger partial charge in [0.1, 0.15) is 17.1 Å². The summed E-state index contributed by atoms with van der Waals surface area (Å²) in [5.74, 6) is -0.954. The van der Waals surface area contributed by atoms with Crippen LogP contribution in [-0.4, -0.2) is 30.2 Å². The molecule has 8 nitrogen and oxygen atoms in total. The first-order valence-electron chi connectivity index (χ1n) is 10.3. The summed E-state index contributed by atoms with van der Waals surface area (Å²) in [4.78, 5) is 31.0. The number of aryl methyl sites for hydroxylation is 1. The summed E-state index contributed by atoms with van der Waals surface area (Å²) in [6.07, 6.45) is 0.942. The zero-order valence-corrected chi connectivity index (χ0v) is 18.4. The number of nitrogens with two attached hydrogens (primary N) is 1. The molecule has 0 saturated heterocycles. The molecule has 3 aromatic carbocycles. The Kier molecular flexibility index (Phi) is 6.23. The molecule has 168 valence electrons. The Labute approximate surface area is 190 Å². The lowest BCUT2D eigenvalue weighted by molar-refractivity contribution is -0.116. The standard InChI is InChI=1S/C24H22N4O4S/c25-24(30)19-7-4-8-20-23(19)28-21(27-20)15-33(31,32)18-12-10-17(11-13-18)26-22(29)14-9-16-5-2-1-3-6-16/h1-8,10-13H,9,14-15H2,(H2,25,30)(H,26,29)(H,27,28). The minimum absolute atomic E-state index is 0.0976. The van der Waals surface area contributed by atoms with Crippen molar-refractivity contribution >= 4 is 38.4 Å². The fraction of sp³-hybridized carbons (Fsp3) is 0.125. The van der Waals surface area contributed by atoms with Gasteiger partial charge in [-0.3, -0.25) is 9.59 Å². The number of imidazole rings is 1. The predicted molar refractivity (Wildman–Crippen MR) is 125 cm³/mol. The molecule has 33 heavy (non-hydrogen) atoms. The third kappa shape index (κ3) is 5.27. The number of hydrogen-bond acceptors (Lipinski definition) is 5. The van der Waals surface area contributed by atoms with Gasteiger partial charge in [-0.2, -0.15) is 0 Å². The summed E-state index contributed by atoms with van der Waals surface area (Å²) in [5, 5.41) is 2.78. The quantitative estimate of drug-likeness (QED) is 0.369. The Morgan fingerprint density at radius 3 is 2.36 bits per heavy atom. The minimum Gasteiger partial charge on any atom is -0.366 e. The number of carbonyl (C=O) groups is 2. The number of anilines is 1. The van der Waals surface area contributed by atoms with Crippen molar-refractivity contribution in [1.29, 1.82) is 0 Å². The fourth-order valence-corrected chi connectivity index (χ4v) is 4.70. The average Bonchev–Trinajstić information content (AvgIpc) is 3.20. The molecule has 0 radical (unpaired) electrons. The van der Waals surface area contributed by atoms with Crippen LogP contribution in [0, 0.1) is 0 Å². The molecular formula is C24H22N4O4S. The predicted octanol–water partition coefficient (Wildman–Crippen LogP) is 3.21. The number of primary amides is 1. The topological polar surface area (TPSA) is 135 Å². The van der Waals surface area contributed by atoms with Crippen molar-refractivity contribution in [2.24, 2.45) is 5.73 Å². The van der Waals surface area contributed by atoms with E-state index in [0.717, 1.165) is 5.56 Å². The number of H-pyrrole nitrogens is 1. The molecule has 1 aromatic heterocycles. The second-order valence-electron chi connectivity index (χ2n) is 7.57. The van der Waals surface area contributed by atoms with Crippen LogP contribution in [-0.2, 0) is 26.8 Å². The number of hydrogen-bond donors (Lipinski definition) is 3. The lowest BCUT2D eigenvalue weighted by Gasteiger charge is -2.07. The number of para-hydroxylation sites is 1. The van der Waals surface area contributed by atoms with Crippen LogP contribution in [0.1, 0.15) is 28.2 Å². The molecule has 0 saturated carbocycles. The second kappa shape index (κ2) is 9.25. The summed E-state index contributed by atoms with van der Waals surface area (Å²) >= 11 is 0. The third-order valence-corrected chi connectivity index (χ3v) is 6.78. The van der Waals surface area contributed by atoms with Crippen LogP contribution in [0.25, 0.3) is 11.0 Å². The minimum atomic E-state index is -3.71. The van der Waals surface area contributed by atoms with Gasteiger partial charge in [0.2, 0.25) is 5.91 Å². The van der Waals surface area contributed by atoms with Gasteiger partial charge in [-0.25, -0.2) is 13.4 Å². The molecule has 0 fully saturated rings. The van der Waals surface area contributed by atoms with E-state index in [4.69, 9.17) is 5.73 Å². The molecule has 0 atom stereocenters. The average molecular weight is 463 g/mol. The number of aromatic nitrogens is 2. The Balaban J connectivity index is 1.42. The van der Waals surface area contributed by atoms with Crippen molar-refractivity contribution in [3.05, 3.63) is 89.7 Å². The largest absolute Gasteiger partial charge is 0.366 e. The van der Waals surface area contributed by atoms with E-state index in [9.17, 15) is 18.0 Å². The van der Waals surface area contributed by atoms with Gasteiger partial charge in [-0.1, -0.05) is 36.4 Å². The summed E-state index contributed by atoms with van der Waals surface area (Å²) in [6, 6.07) is 20.6. The Morgan fingerprint density at radius 2 is 1.67 bits per heavy atom. The second-order valence-corrected chi connectivity index (χ2v) is 9.56. The van der Waals surface area contributed by atoms with E-state index in [1.165, 1.54) is 18.2 Å². The number of carbonyl (C=O) groups excluding carboxylic acids is 2. The van der Waals surface area contributed by atoms with E-state index in [1.807, 2.05) is 30.3 Å². The van der Waals surface area contributed by atoms with Gasteiger partial charge in [0, 0.05) is 12.1 Å². The highest BCUT2D eigenvalue weighted by molar-refractivity contribution is 7.90. The zero-order valence-electron chi connectivity index (χ0n) is 17.6. The molecule has 0 aliphatic heterocycles. The van der Waals surface area contributed by atoms with E-state index >= 15 is 0 Å². The highest BCUT2D eigenvalue weighted by atomic mass is 32.2. The number of nitrogens with one attached hydrogen (secondary N) is 2. The van der Waals surface area contributed by atoms with Gasteiger partial charge in [0.25, 0.3) is 5.91 Å². The van der Waals surface area contributed by atoms with Crippen LogP contribution >= 0.6 is 0 Å². The van der Waals surface area contributed by atoms with Gasteiger partial charge in [0.05, 0.1) is 16.0 Å². The monoisotopic (exact) mass is 462 g/mol. The number of sulfone groups is 1. The van der Waals surface area contributed by atoms with Gasteiger partial charge >= 0.3 is 0 Å². The molecule has 0 spiro atoms. The third-order valence-electron chi connectivity index (χ3n) is 5.13. The molecule has 1 heterocycles. The molecule has 4 rings (SSSR count). The van der Waals surface area contributed by atoms with E-state index in [0.29, 0.717) is 29.6 Å². The number of rotatable bonds is 8. The van der Waals surface area contributed by atoms with Crippen molar-refractivity contribution < 1.29 is 18.0 Å². The Morgan fingerprint density at radius 1 is 0.939 bits per heavy atom. The highest BCUT2D eigenvalue weighted by Gasteiger charge is 2.19. The Bertz CT molecular complexity index is 1410. The fourth-order valence-electron chi connectivity index (χ4n) is 3.49. The first-order chi connectivity index (χ1) is 15.8. The molecule has 0 aliphatic carbocycles. The summed E-state index contributed by atoms with van der Waals surface area (Å²) in [6.45, 7) is 0. The number of fused-ring (bicyclic) bond motifs is 1. The lowest BCUT2D eigenvalue weighted by Crippen LogP contribution is -2.12. The molecule has 2 amide bonds. The van der Waals surface area contributed by atoms with Crippen LogP contribution in [0.5, 0.6) is 0 Å². The van der Waals surface area contributed by atoms with Crippen molar-refractivity contribution in [1.82, 2.24) is 9.97 Å². The maximum atomic E-state index is 12.9. The van der Waals surface area contributed by atoms with Crippen LogP contribution in [0.15, 0.2) is 77.7 Å². The van der Waals surface area contributed by atoms with E-state index < -0.39 is 15.7 Å². The molecule has 0 unspecified atom stereocenters. The van der Waals surface area contributed by atoms with Gasteiger partial charge in [-0.05, 0) is 48.4 Å².